The molecule has 10 heteroatoms. The predicted octanol–water partition coefficient (Wildman–Crippen LogP) is 3.62. The lowest BCUT2D eigenvalue weighted by molar-refractivity contribution is -0.269. The highest BCUT2D eigenvalue weighted by Crippen LogP contribution is 2.44. The molecule has 0 saturated heterocycles. The SMILES string of the molecule is CC(C)N(C(=O)COC(=O)C[C@@](O)(c1nc2ccccc2s1)C(F)(F)F)C(C)C. The van der Waals surface area contributed by atoms with E-state index >= 15 is 0 Å². The number of halogens is 3. The molecule has 1 N–H and O–H groups in total. The molecule has 0 spiro atoms. The summed E-state index contributed by atoms with van der Waals surface area (Å²) < 4.78 is 46.2. The van der Waals surface area contributed by atoms with Crippen molar-refractivity contribution in [2.75, 3.05) is 6.61 Å². The number of rotatable bonds is 7. The second-order valence-corrected chi connectivity index (χ2v) is 8.20. The summed E-state index contributed by atoms with van der Waals surface area (Å²) in [7, 11) is 0. The van der Waals surface area contributed by atoms with Gasteiger partial charge in [0.05, 0.1) is 16.6 Å². The first-order chi connectivity index (χ1) is 13.4. The number of carbonyl (C=O) groups excluding carboxylic acids is 2. The molecular weight excluding hydrogens is 409 g/mol. The van der Waals surface area contributed by atoms with E-state index in [-0.39, 0.29) is 17.6 Å². The van der Waals surface area contributed by atoms with Crippen molar-refractivity contribution in [3.63, 3.8) is 0 Å². The molecule has 0 aliphatic carbocycles. The van der Waals surface area contributed by atoms with Crippen molar-refractivity contribution in [3.8, 4) is 0 Å². The van der Waals surface area contributed by atoms with Crippen LogP contribution in [-0.2, 0) is 19.9 Å². The van der Waals surface area contributed by atoms with Gasteiger partial charge >= 0.3 is 12.1 Å². The van der Waals surface area contributed by atoms with Gasteiger partial charge in [0, 0.05) is 12.1 Å². The van der Waals surface area contributed by atoms with Crippen LogP contribution in [0.1, 0.15) is 39.1 Å². The van der Waals surface area contributed by atoms with Crippen molar-refractivity contribution in [2.24, 2.45) is 0 Å². The standard InChI is InChI=1S/C19H23F3N2O4S/c1-11(2)24(12(3)4)15(25)10-28-16(26)9-18(27,19(20,21)22)17-23-13-7-5-6-8-14(13)29-17/h5-8,11-12,27H,9-10H2,1-4H3/t18-/m1/s1. The molecule has 0 bridgehead atoms. The molecule has 0 unspecified atom stereocenters. The van der Waals surface area contributed by atoms with Crippen LogP contribution in [0.5, 0.6) is 0 Å². The van der Waals surface area contributed by atoms with Gasteiger partial charge in [-0.05, 0) is 39.8 Å². The Bertz CT molecular complexity index is 841. The minimum atomic E-state index is -5.16. The average Bonchev–Trinajstić information content (AvgIpc) is 3.03. The molecule has 1 amide bonds. The Labute approximate surface area is 170 Å². The second kappa shape index (κ2) is 8.66. The summed E-state index contributed by atoms with van der Waals surface area (Å²) in [5, 5.41) is 9.72. The first kappa shape index (κ1) is 23.1. The van der Waals surface area contributed by atoms with Gasteiger partial charge in [0.2, 0.25) is 5.60 Å². The van der Waals surface area contributed by atoms with Gasteiger partial charge in [-0.3, -0.25) is 9.59 Å². The Kier molecular flexibility index (Phi) is 6.89. The van der Waals surface area contributed by atoms with E-state index in [0.717, 1.165) is 0 Å². The molecule has 0 fully saturated rings. The first-order valence-electron chi connectivity index (χ1n) is 8.98. The fraction of sp³-hybridized carbons (Fsp3) is 0.526. The fourth-order valence-corrected chi connectivity index (χ4v) is 4.07. The van der Waals surface area contributed by atoms with Crippen LogP contribution in [0.25, 0.3) is 10.2 Å². The van der Waals surface area contributed by atoms with Crippen LogP contribution in [0.2, 0.25) is 0 Å². The maximum atomic E-state index is 13.7. The van der Waals surface area contributed by atoms with Gasteiger partial charge in [-0.25, -0.2) is 4.98 Å². The highest BCUT2D eigenvalue weighted by Gasteiger charge is 2.58. The minimum absolute atomic E-state index is 0.170. The van der Waals surface area contributed by atoms with Crippen LogP contribution in [0.15, 0.2) is 24.3 Å². The lowest BCUT2D eigenvalue weighted by Crippen LogP contribution is -2.46. The fourth-order valence-electron chi connectivity index (χ4n) is 3.00. The molecule has 29 heavy (non-hydrogen) atoms. The molecule has 160 valence electrons. The highest BCUT2D eigenvalue weighted by molar-refractivity contribution is 7.18. The monoisotopic (exact) mass is 432 g/mol. The summed E-state index contributed by atoms with van der Waals surface area (Å²) in [6.45, 7) is 6.39. The third-order valence-electron chi connectivity index (χ3n) is 4.27. The Morgan fingerprint density at radius 2 is 1.76 bits per heavy atom. The van der Waals surface area contributed by atoms with Gasteiger partial charge in [-0.1, -0.05) is 12.1 Å². The number of thiazole rings is 1. The molecule has 1 aromatic carbocycles. The molecule has 0 aliphatic heterocycles. The summed E-state index contributed by atoms with van der Waals surface area (Å²) in [6.07, 6.45) is -6.56. The number of hydrogen-bond donors (Lipinski definition) is 1. The Morgan fingerprint density at radius 1 is 1.17 bits per heavy atom. The zero-order valence-electron chi connectivity index (χ0n) is 16.5. The molecule has 0 aliphatic rings. The number of carbonyl (C=O) groups is 2. The molecule has 2 aromatic rings. The number of hydrogen-bond acceptors (Lipinski definition) is 6. The van der Waals surface area contributed by atoms with Crippen molar-refractivity contribution in [1.82, 2.24) is 9.88 Å². The quantitative estimate of drug-likeness (QED) is 0.676. The van der Waals surface area contributed by atoms with Gasteiger partial charge in [0.25, 0.3) is 5.91 Å². The van der Waals surface area contributed by atoms with Crippen molar-refractivity contribution in [2.45, 2.75) is 58.0 Å². The number of aliphatic hydroxyl groups is 1. The number of benzene rings is 1. The maximum Gasteiger partial charge on any atom is 0.424 e. The van der Waals surface area contributed by atoms with Crippen LogP contribution < -0.4 is 0 Å². The minimum Gasteiger partial charge on any atom is -0.455 e. The summed E-state index contributed by atoms with van der Waals surface area (Å²) in [4.78, 5) is 29.6. The molecule has 6 nitrogen and oxygen atoms in total. The Hall–Kier alpha value is -2.20. The third-order valence-corrected chi connectivity index (χ3v) is 5.46. The zero-order chi connectivity index (χ0) is 22.0. The van der Waals surface area contributed by atoms with E-state index in [1.807, 2.05) is 0 Å². The number of esters is 1. The lowest BCUT2D eigenvalue weighted by Gasteiger charge is -2.31. The first-order valence-corrected chi connectivity index (χ1v) is 9.80. The molecular formula is C19H23F3N2O4S. The van der Waals surface area contributed by atoms with Crippen molar-refractivity contribution in [1.29, 1.82) is 0 Å². The van der Waals surface area contributed by atoms with Crippen molar-refractivity contribution >= 4 is 33.4 Å². The van der Waals surface area contributed by atoms with Crippen molar-refractivity contribution < 1.29 is 32.6 Å². The Morgan fingerprint density at radius 3 is 2.28 bits per heavy atom. The number of alkyl halides is 3. The van der Waals surface area contributed by atoms with Crippen LogP contribution in [0.3, 0.4) is 0 Å². The molecule has 2 rings (SSSR count). The largest absolute Gasteiger partial charge is 0.455 e. The smallest absolute Gasteiger partial charge is 0.424 e. The molecule has 0 saturated carbocycles. The van der Waals surface area contributed by atoms with E-state index in [9.17, 15) is 27.9 Å². The van der Waals surface area contributed by atoms with Crippen LogP contribution in [-0.4, -0.2) is 51.7 Å². The summed E-state index contributed by atoms with van der Waals surface area (Å²) in [5.41, 5.74) is -3.23. The van der Waals surface area contributed by atoms with E-state index in [0.29, 0.717) is 16.0 Å². The van der Waals surface area contributed by atoms with Gasteiger partial charge in [0.15, 0.2) is 6.61 Å². The maximum absolute atomic E-state index is 13.7. The lowest BCUT2D eigenvalue weighted by atomic mass is 10.00. The molecule has 1 aromatic heterocycles. The normalized spacial score (nSPS) is 14.3. The Balaban J connectivity index is 2.18. The van der Waals surface area contributed by atoms with Gasteiger partial charge in [-0.2, -0.15) is 13.2 Å². The number of fused-ring (bicyclic) bond motifs is 1. The molecule has 1 heterocycles. The predicted molar refractivity (Wildman–Crippen MR) is 102 cm³/mol. The van der Waals surface area contributed by atoms with Gasteiger partial charge < -0.3 is 14.7 Å². The van der Waals surface area contributed by atoms with Crippen LogP contribution in [0.4, 0.5) is 13.2 Å². The van der Waals surface area contributed by atoms with E-state index in [1.165, 1.54) is 11.0 Å². The summed E-state index contributed by atoms with van der Waals surface area (Å²) >= 11 is 0.646. The van der Waals surface area contributed by atoms with E-state index in [1.54, 1.807) is 45.9 Å². The molecule has 1 atom stereocenters. The second-order valence-electron chi connectivity index (χ2n) is 7.17. The number of nitrogens with zero attached hydrogens (tertiary/aromatic N) is 2. The number of ether oxygens (including phenoxy) is 1. The number of para-hydroxylation sites is 1. The third kappa shape index (κ3) is 5.05. The zero-order valence-corrected chi connectivity index (χ0v) is 17.3. The van der Waals surface area contributed by atoms with E-state index < -0.39 is 41.7 Å². The average molecular weight is 432 g/mol. The van der Waals surface area contributed by atoms with E-state index in [2.05, 4.69) is 4.98 Å². The summed E-state index contributed by atoms with van der Waals surface area (Å²) in [6, 6.07) is 5.97. The van der Waals surface area contributed by atoms with Crippen LogP contribution in [0, 0.1) is 0 Å². The molecule has 0 radical (unpaired) electrons. The van der Waals surface area contributed by atoms with Crippen molar-refractivity contribution in [3.05, 3.63) is 29.3 Å². The van der Waals surface area contributed by atoms with E-state index in [4.69, 9.17) is 4.74 Å². The number of amides is 1. The van der Waals surface area contributed by atoms with Gasteiger partial charge in [-0.15, -0.1) is 11.3 Å². The van der Waals surface area contributed by atoms with Crippen LogP contribution >= 0.6 is 11.3 Å². The van der Waals surface area contributed by atoms with Gasteiger partial charge in [0.1, 0.15) is 5.01 Å². The topological polar surface area (TPSA) is 79.7 Å². The summed E-state index contributed by atoms with van der Waals surface area (Å²) in [5.74, 6) is -1.87. The highest BCUT2D eigenvalue weighted by atomic mass is 32.1. The number of aromatic nitrogens is 1.